The minimum absolute atomic E-state index is 0.0833. The van der Waals surface area contributed by atoms with Crippen LogP contribution in [0.15, 0.2) is 133 Å². The third-order valence-corrected chi connectivity index (χ3v) is 9.36. The van der Waals surface area contributed by atoms with E-state index >= 15 is 0 Å². The molecule has 0 saturated carbocycles. The lowest BCUT2D eigenvalue weighted by Gasteiger charge is -2.21. The number of nitrogens with zero attached hydrogens (tertiary/aromatic N) is 4. The van der Waals surface area contributed by atoms with Crippen LogP contribution < -0.4 is 0 Å². The molecule has 0 amide bonds. The van der Waals surface area contributed by atoms with Crippen LogP contribution in [-0.2, 0) is 5.41 Å². The molecule has 7 aromatic rings. The van der Waals surface area contributed by atoms with E-state index in [-0.39, 0.29) is 5.41 Å². The predicted octanol–water partition coefficient (Wildman–Crippen LogP) is 10.6. The first kappa shape index (κ1) is 27.9. The van der Waals surface area contributed by atoms with E-state index in [1.807, 2.05) is 67.6 Å². The molecule has 0 N–H and O–H groups in total. The third-order valence-electron chi connectivity index (χ3n) is 9.36. The first-order chi connectivity index (χ1) is 22.4. The number of rotatable bonds is 5. The number of allylic oxidation sites excluding steroid dienone is 4. The Morgan fingerprint density at radius 2 is 1.22 bits per heavy atom. The molecule has 0 radical (unpaired) electrons. The predicted molar refractivity (Wildman–Crippen MR) is 191 cm³/mol. The van der Waals surface area contributed by atoms with Crippen LogP contribution in [0.2, 0.25) is 0 Å². The zero-order chi connectivity index (χ0) is 31.4. The lowest BCUT2D eigenvalue weighted by molar-refractivity contribution is 0.661. The van der Waals surface area contributed by atoms with E-state index in [0.29, 0.717) is 17.5 Å². The van der Waals surface area contributed by atoms with E-state index < -0.39 is 0 Å². The summed E-state index contributed by atoms with van der Waals surface area (Å²) in [6.45, 7) is 8.91. The molecular weight excluding hydrogens is 560 g/mol. The van der Waals surface area contributed by atoms with Gasteiger partial charge in [-0.25, -0.2) is 15.0 Å². The van der Waals surface area contributed by atoms with E-state index in [2.05, 4.69) is 98.2 Å². The molecule has 0 atom stereocenters. The molecule has 1 aliphatic rings. The Bertz CT molecular complexity index is 2280. The van der Waals surface area contributed by atoms with Crippen molar-refractivity contribution in [1.82, 2.24) is 19.5 Å². The summed E-state index contributed by atoms with van der Waals surface area (Å²) in [6, 6.07) is 42.6. The second kappa shape index (κ2) is 10.8. The second-order valence-electron chi connectivity index (χ2n) is 12.5. The van der Waals surface area contributed by atoms with E-state index in [4.69, 9.17) is 15.0 Å². The fraction of sp³-hybridized carbons (Fsp3) is 0.119. The van der Waals surface area contributed by atoms with Gasteiger partial charge in [-0.2, -0.15) is 0 Å². The van der Waals surface area contributed by atoms with Gasteiger partial charge in [-0.3, -0.25) is 0 Å². The largest absolute Gasteiger partial charge is 0.313 e. The Morgan fingerprint density at radius 3 is 1.89 bits per heavy atom. The SMILES string of the molecule is C/C=C(\C=C(/C)n1c2ccccc2c2cc3c(cc21)C(C)(C)c1ccccc1-3)c1nc(-c2ccccc2)nc(-c2ccccc2)n1. The maximum absolute atomic E-state index is 5.00. The number of hydrogen-bond donors (Lipinski definition) is 0. The molecule has 0 unspecified atom stereocenters. The molecule has 2 heterocycles. The minimum atomic E-state index is -0.0833. The van der Waals surface area contributed by atoms with E-state index in [0.717, 1.165) is 22.4 Å². The molecule has 0 fully saturated rings. The normalized spacial score (nSPS) is 14.1. The van der Waals surface area contributed by atoms with Crippen molar-refractivity contribution in [3.8, 4) is 33.9 Å². The van der Waals surface area contributed by atoms with Crippen molar-refractivity contribution in [3.05, 3.63) is 150 Å². The van der Waals surface area contributed by atoms with Crippen LogP contribution in [0.4, 0.5) is 0 Å². The summed E-state index contributed by atoms with van der Waals surface area (Å²) < 4.78 is 2.39. The highest BCUT2D eigenvalue weighted by Gasteiger charge is 2.36. The van der Waals surface area contributed by atoms with Crippen LogP contribution in [0, 0.1) is 0 Å². The summed E-state index contributed by atoms with van der Waals surface area (Å²) >= 11 is 0. The Kier molecular flexibility index (Phi) is 6.54. The van der Waals surface area contributed by atoms with Gasteiger partial charge in [0.2, 0.25) is 0 Å². The fourth-order valence-electron chi connectivity index (χ4n) is 7.05. The summed E-state index contributed by atoms with van der Waals surface area (Å²) in [5.41, 5.74) is 11.7. The molecule has 4 heteroatoms. The lowest BCUT2D eigenvalue weighted by Crippen LogP contribution is -2.15. The molecule has 5 aromatic carbocycles. The van der Waals surface area contributed by atoms with Gasteiger partial charge in [0.15, 0.2) is 17.5 Å². The number of benzene rings is 5. The number of aromatic nitrogens is 4. The van der Waals surface area contributed by atoms with Gasteiger partial charge in [0.25, 0.3) is 0 Å². The van der Waals surface area contributed by atoms with Gasteiger partial charge in [0.05, 0.1) is 11.0 Å². The van der Waals surface area contributed by atoms with E-state index in [9.17, 15) is 0 Å². The zero-order valence-electron chi connectivity index (χ0n) is 26.5. The zero-order valence-corrected chi connectivity index (χ0v) is 26.5. The average molecular weight is 595 g/mol. The maximum Gasteiger partial charge on any atom is 0.164 e. The Balaban J connectivity index is 1.31. The molecule has 0 bridgehead atoms. The van der Waals surface area contributed by atoms with Crippen molar-refractivity contribution in [3.63, 3.8) is 0 Å². The van der Waals surface area contributed by atoms with Crippen molar-refractivity contribution in [2.75, 3.05) is 0 Å². The third kappa shape index (κ3) is 4.40. The van der Waals surface area contributed by atoms with Crippen molar-refractivity contribution in [1.29, 1.82) is 0 Å². The smallest absolute Gasteiger partial charge is 0.164 e. The van der Waals surface area contributed by atoms with Crippen LogP contribution in [0.1, 0.15) is 44.6 Å². The van der Waals surface area contributed by atoms with Gasteiger partial charge in [-0.05, 0) is 60.4 Å². The first-order valence-corrected chi connectivity index (χ1v) is 15.8. The fourth-order valence-corrected chi connectivity index (χ4v) is 7.05. The van der Waals surface area contributed by atoms with Gasteiger partial charge in [0, 0.05) is 38.6 Å². The summed E-state index contributed by atoms with van der Waals surface area (Å²) in [6.07, 6.45) is 4.30. The molecule has 8 rings (SSSR count). The van der Waals surface area contributed by atoms with Crippen LogP contribution in [0.25, 0.3) is 67.0 Å². The van der Waals surface area contributed by atoms with Crippen LogP contribution >= 0.6 is 0 Å². The van der Waals surface area contributed by atoms with Crippen molar-refractivity contribution in [2.24, 2.45) is 0 Å². The van der Waals surface area contributed by atoms with Crippen LogP contribution in [0.3, 0.4) is 0 Å². The van der Waals surface area contributed by atoms with Gasteiger partial charge in [-0.1, -0.05) is 123 Å². The van der Waals surface area contributed by atoms with E-state index in [1.165, 1.54) is 44.1 Å². The highest BCUT2D eigenvalue weighted by atomic mass is 15.0. The van der Waals surface area contributed by atoms with Crippen LogP contribution in [-0.4, -0.2) is 19.5 Å². The van der Waals surface area contributed by atoms with Crippen molar-refractivity contribution >= 4 is 33.1 Å². The summed E-state index contributed by atoms with van der Waals surface area (Å²) in [5.74, 6) is 1.96. The minimum Gasteiger partial charge on any atom is -0.313 e. The molecule has 0 saturated heterocycles. The molecule has 0 aliphatic heterocycles. The molecule has 1 aliphatic carbocycles. The Labute approximate surface area is 269 Å². The average Bonchev–Trinajstić information content (AvgIpc) is 3.55. The first-order valence-electron chi connectivity index (χ1n) is 15.8. The van der Waals surface area contributed by atoms with E-state index in [1.54, 1.807) is 0 Å². The van der Waals surface area contributed by atoms with Crippen molar-refractivity contribution in [2.45, 2.75) is 33.1 Å². The molecule has 2 aromatic heterocycles. The Hall–Kier alpha value is -5.61. The highest BCUT2D eigenvalue weighted by Crippen LogP contribution is 2.50. The molecular formula is C42H34N4. The molecule has 222 valence electrons. The highest BCUT2D eigenvalue weighted by molar-refractivity contribution is 6.12. The molecule has 4 nitrogen and oxygen atoms in total. The second-order valence-corrected chi connectivity index (χ2v) is 12.5. The lowest BCUT2D eigenvalue weighted by atomic mass is 9.82. The summed E-state index contributed by atoms with van der Waals surface area (Å²) in [5, 5.41) is 2.50. The quantitative estimate of drug-likeness (QED) is 0.186. The van der Waals surface area contributed by atoms with Gasteiger partial charge < -0.3 is 4.57 Å². The topological polar surface area (TPSA) is 43.6 Å². The number of hydrogen-bond acceptors (Lipinski definition) is 3. The number of para-hydroxylation sites is 1. The van der Waals surface area contributed by atoms with Gasteiger partial charge in [-0.15, -0.1) is 0 Å². The van der Waals surface area contributed by atoms with Gasteiger partial charge >= 0.3 is 0 Å². The van der Waals surface area contributed by atoms with Crippen molar-refractivity contribution < 1.29 is 0 Å². The standard InChI is InChI=1S/C42H34N4/c1-5-28(39-43-40(29-16-8-6-9-17-29)45-41(44-39)30-18-10-7-11-19-30)24-27(2)46-37-23-15-13-21-32(37)34-25-33-31-20-12-14-22-35(31)42(3,4)36(33)26-38(34)46/h5-26H,1-4H3/b27-24+,28-5+. The summed E-state index contributed by atoms with van der Waals surface area (Å²) in [4.78, 5) is 14.9. The maximum atomic E-state index is 5.00. The summed E-state index contributed by atoms with van der Waals surface area (Å²) in [7, 11) is 0. The molecule has 46 heavy (non-hydrogen) atoms. The monoisotopic (exact) mass is 594 g/mol. The van der Waals surface area contributed by atoms with Crippen LogP contribution in [0.5, 0.6) is 0 Å². The molecule has 0 spiro atoms. The van der Waals surface area contributed by atoms with Gasteiger partial charge in [0.1, 0.15) is 0 Å². The number of fused-ring (bicyclic) bond motifs is 6. The Morgan fingerprint density at radius 1 is 0.609 bits per heavy atom.